The average Bonchev–Trinajstić information content (AvgIpc) is 3.07. The number of methoxy groups -OCH3 is 1. The SMILES string of the molecule is CO[C@@H](c1ccccc1)C1CN(Cc2c[nH]c3ncccc23)CCO1. The summed E-state index contributed by atoms with van der Waals surface area (Å²) in [6.45, 7) is 3.38. The third-order valence-corrected chi connectivity index (χ3v) is 4.83. The maximum Gasteiger partial charge on any atom is 0.137 e. The van der Waals surface area contributed by atoms with Crippen molar-refractivity contribution in [3.63, 3.8) is 0 Å². The van der Waals surface area contributed by atoms with Crippen LogP contribution in [0.5, 0.6) is 0 Å². The van der Waals surface area contributed by atoms with E-state index in [4.69, 9.17) is 9.47 Å². The zero-order valence-corrected chi connectivity index (χ0v) is 14.4. The molecule has 2 aromatic heterocycles. The fourth-order valence-corrected chi connectivity index (χ4v) is 3.59. The fraction of sp³-hybridized carbons (Fsp3) is 0.350. The number of benzene rings is 1. The highest BCUT2D eigenvalue weighted by atomic mass is 16.5. The minimum atomic E-state index is -0.0476. The predicted octanol–water partition coefficient (Wildman–Crippen LogP) is 3.15. The average molecular weight is 337 g/mol. The largest absolute Gasteiger partial charge is 0.374 e. The van der Waals surface area contributed by atoms with Crippen molar-refractivity contribution >= 4 is 11.0 Å². The van der Waals surface area contributed by atoms with Gasteiger partial charge < -0.3 is 14.5 Å². The van der Waals surface area contributed by atoms with E-state index in [-0.39, 0.29) is 12.2 Å². The summed E-state index contributed by atoms with van der Waals surface area (Å²) in [6.07, 6.45) is 3.86. The molecule has 0 aliphatic carbocycles. The zero-order chi connectivity index (χ0) is 17.1. The molecule has 0 spiro atoms. The van der Waals surface area contributed by atoms with Gasteiger partial charge in [0.25, 0.3) is 0 Å². The highest BCUT2D eigenvalue weighted by molar-refractivity contribution is 5.79. The predicted molar refractivity (Wildman–Crippen MR) is 97.3 cm³/mol. The van der Waals surface area contributed by atoms with Crippen molar-refractivity contribution in [3.05, 3.63) is 66.0 Å². The number of morpholine rings is 1. The number of pyridine rings is 1. The molecule has 0 radical (unpaired) electrons. The van der Waals surface area contributed by atoms with E-state index in [9.17, 15) is 0 Å². The summed E-state index contributed by atoms with van der Waals surface area (Å²) < 4.78 is 11.8. The Kier molecular flexibility index (Phi) is 4.78. The summed E-state index contributed by atoms with van der Waals surface area (Å²) in [5.41, 5.74) is 3.38. The lowest BCUT2D eigenvalue weighted by Crippen LogP contribution is -2.45. The quantitative estimate of drug-likeness (QED) is 0.777. The van der Waals surface area contributed by atoms with Crippen LogP contribution in [0.3, 0.4) is 0 Å². The molecule has 5 heteroatoms. The van der Waals surface area contributed by atoms with Crippen molar-refractivity contribution in [1.29, 1.82) is 0 Å². The fourth-order valence-electron chi connectivity index (χ4n) is 3.59. The van der Waals surface area contributed by atoms with Gasteiger partial charge in [0.05, 0.1) is 6.61 Å². The Morgan fingerprint density at radius 2 is 2.16 bits per heavy atom. The molecule has 25 heavy (non-hydrogen) atoms. The van der Waals surface area contributed by atoms with E-state index in [0.29, 0.717) is 0 Å². The monoisotopic (exact) mass is 337 g/mol. The van der Waals surface area contributed by atoms with Gasteiger partial charge in [0.1, 0.15) is 17.9 Å². The molecule has 1 saturated heterocycles. The number of ether oxygens (including phenoxy) is 2. The number of aromatic amines is 1. The molecule has 0 amide bonds. The molecule has 1 unspecified atom stereocenters. The number of aromatic nitrogens is 2. The number of nitrogens with zero attached hydrogens (tertiary/aromatic N) is 2. The number of nitrogens with one attached hydrogen (secondary N) is 1. The maximum absolute atomic E-state index is 6.04. The lowest BCUT2D eigenvalue weighted by Gasteiger charge is -2.36. The van der Waals surface area contributed by atoms with Crippen molar-refractivity contribution in [1.82, 2.24) is 14.9 Å². The van der Waals surface area contributed by atoms with Crippen molar-refractivity contribution in [2.75, 3.05) is 26.8 Å². The third-order valence-electron chi connectivity index (χ3n) is 4.83. The summed E-state index contributed by atoms with van der Waals surface area (Å²) in [7, 11) is 1.76. The number of H-pyrrole nitrogens is 1. The second-order valence-electron chi connectivity index (χ2n) is 6.42. The van der Waals surface area contributed by atoms with Crippen molar-refractivity contribution in [2.45, 2.75) is 18.8 Å². The van der Waals surface area contributed by atoms with Crippen LogP contribution in [0.25, 0.3) is 11.0 Å². The van der Waals surface area contributed by atoms with E-state index in [0.717, 1.165) is 37.5 Å². The first-order valence-electron chi connectivity index (χ1n) is 8.68. The molecule has 1 N–H and O–H groups in total. The van der Waals surface area contributed by atoms with Gasteiger partial charge >= 0.3 is 0 Å². The topological polar surface area (TPSA) is 50.4 Å². The van der Waals surface area contributed by atoms with Crippen molar-refractivity contribution < 1.29 is 9.47 Å². The molecule has 1 aromatic carbocycles. The molecule has 2 atom stereocenters. The number of hydrogen-bond donors (Lipinski definition) is 1. The number of fused-ring (bicyclic) bond motifs is 1. The van der Waals surface area contributed by atoms with Gasteiger partial charge in [-0.2, -0.15) is 0 Å². The Bertz CT molecular complexity index is 818. The first-order chi connectivity index (χ1) is 12.3. The maximum atomic E-state index is 6.04. The van der Waals surface area contributed by atoms with E-state index in [1.54, 1.807) is 7.11 Å². The molecule has 1 aliphatic heterocycles. The molecular formula is C20H23N3O2. The Morgan fingerprint density at radius 3 is 3.00 bits per heavy atom. The van der Waals surface area contributed by atoms with Gasteiger partial charge in [0, 0.05) is 44.5 Å². The third kappa shape index (κ3) is 3.44. The molecule has 130 valence electrons. The van der Waals surface area contributed by atoms with Crippen LogP contribution in [0.2, 0.25) is 0 Å². The normalized spacial score (nSPS) is 20.0. The Balaban J connectivity index is 1.49. The van der Waals surface area contributed by atoms with Crippen molar-refractivity contribution in [2.24, 2.45) is 0 Å². The summed E-state index contributed by atoms with van der Waals surface area (Å²) >= 11 is 0. The van der Waals surface area contributed by atoms with Gasteiger partial charge in [-0.3, -0.25) is 4.90 Å². The molecule has 1 fully saturated rings. The first kappa shape index (κ1) is 16.3. The standard InChI is InChI=1S/C20H23N3O2/c1-24-19(15-6-3-2-4-7-15)18-14-23(10-11-25-18)13-16-12-22-20-17(16)8-5-9-21-20/h2-9,12,18-19H,10-11,13-14H2,1H3,(H,21,22)/t18?,19-/m0/s1. The van der Waals surface area contributed by atoms with Gasteiger partial charge in [-0.25, -0.2) is 4.98 Å². The second-order valence-corrected chi connectivity index (χ2v) is 6.42. The number of hydrogen-bond acceptors (Lipinski definition) is 4. The molecule has 0 bridgehead atoms. The Morgan fingerprint density at radius 1 is 1.28 bits per heavy atom. The van der Waals surface area contributed by atoms with Crippen LogP contribution in [-0.4, -0.2) is 47.8 Å². The van der Waals surface area contributed by atoms with Gasteiger partial charge in [0.15, 0.2) is 0 Å². The van der Waals surface area contributed by atoms with Gasteiger partial charge in [-0.15, -0.1) is 0 Å². The minimum absolute atomic E-state index is 0.0319. The van der Waals surface area contributed by atoms with Gasteiger partial charge in [-0.05, 0) is 23.3 Å². The summed E-state index contributed by atoms with van der Waals surface area (Å²) in [6, 6.07) is 14.4. The van der Waals surface area contributed by atoms with Crippen LogP contribution in [0.4, 0.5) is 0 Å². The lowest BCUT2D eigenvalue weighted by molar-refractivity contribution is -0.104. The zero-order valence-electron chi connectivity index (χ0n) is 14.4. The molecule has 4 rings (SSSR count). The van der Waals surface area contributed by atoms with Crippen LogP contribution in [-0.2, 0) is 16.0 Å². The highest BCUT2D eigenvalue weighted by Gasteiger charge is 2.29. The van der Waals surface area contributed by atoms with E-state index in [1.807, 2.05) is 30.5 Å². The molecule has 1 aliphatic rings. The van der Waals surface area contributed by atoms with E-state index in [2.05, 4.69) is 39.3 Å². The molecule has 3 heterocycles. The van der Waals surface area contributed by atoms with Gasteiger partial charge in [-0.1, -0.05) is 30.3 Å². The molecule has 0 saturated carbocycles. The molecule has 3 aromatic rings. The van der Waals surface area contributed by atoms with Crippen molar-refractivity contribution in [3.8, 4) is 0 Å². The first-order valence-corrected chi connectivity index (χ1v) is 8.68. The second kappa shape index (κ2) is 7.35. The molecule has 5 nitrogen and oxygen atoms in total. The van der Waals surface area contributed by atoms with Crippen LogP contribution in [0.1, 0.15) is 17.2 Å². The van der Waals surface area contributed by atoms with E-state index < -0.39 is 0 Å². The van der Waals surface area contributed by atoms with E-state index >= 15 is 0 Å². The van der Waals surface area contributed by atoms with Crippen LogP contribution in [0.15, 0.2) is 54.9 Å². The summed E-state index contributed by atoms with van der Waals surface area (Å²) in [5, 5.41) is 1.19. The van der Waals surface area contributed by atoms with Crippen LogP contribution < -0.4 is 0 Å². The lowest BCUT2D eigenvalue weighted by atomic mass is 10.0. The van der Waals surface area contributed by atoms with Crippen LogP contribution in [0, 0.1) is 0 Å². The van der Waals surface area contributed by atoms with Crippen LogP contribution >= 0.6 is 0 Å². The summed E-state index contributed by atoms with van der Waals surface area (Å²) in [5.74, 6) is 0. The molecular weight excluding hydrogens is 314 g/mol. The Hall–Kier alpha value is -2.21. The van der Waals surface area contributed by atoms with Gasteiger partial charge in [0.2, 0.25) is 0 Å². The Labute approximate surface area is 147 Å². The smallest absolute Gasteiger partial charge is 0.137 e. The summed E-state index contributed by atoms with van der Waals surface area (Å²) in [4.78, 5) is 10.1. The highest BCUT2D eigenvalue weighted by Crippen LogP contribution is 2.26. The minimum Gasteiger partial charge on any atom is -0.374 e. The van der Waals surface area contributed by atoms with E-state index in [1.165, 1.54) is 10.9 Å². The number of rotatable bonds is 5.